The van der Waals surface area contributed by atoms with Gasteiger partial charge < -0.3 is 25.2 Å². The number of carbonyl (C=O) groups excluding carboxylic acids is 1. The predicted molar refractivity (Wildman–Crippen MR) is 61.1 cm³/mol. The van der Waals surface area contributed by atoms with Crippen LogP contribution in [-0.2, 0) is 9.53 Å². The summed E-state index contributed by atoms with van der Waals surface area (Å²) >= 11 is 0. The molecule has 102 valence electrons. The number of carbonyl (C=O) groups is 2. The van der Waals surface area contributed by atoms with Crippen LogP contribution in [0.4, 0.5) is 4.79 Å². The molecular weight excluding hydrogens is 240 g/mol. The minimum atomic E-state index is -1.09. The number of nitrogens with zero attached hydrogens (tertiary/aromatic N) is 1. The molecule has 2 aliphatic heterocycles. The number of β-amino-alcohol motifs (C(OH)–C–C–N with tert-alkyl or cyclic N) is 1. The van der Waals surface area contributed by atoms with E-state index in [-0.39, 0.29) is 13.0 Å². The molecule has 3 N–H and O–H groups in total. The van der Waals surface area contributed by atoms with Crippen LogP contribution in [0.25, 0.3) is 0 Å². The van der Waals surface area contributed by atoms with Gasteiger partial charge in [0.1, 0.15) is 6.04 Å². The number of urea groups is 1. The van der Waals surface area contributed by atoms with Crippen LogP contribution in [0.5, 0.6) is 0 Å². The zero-order valence-electron chi connectivity index (χ0n) is 10.3. The Hall–Kier alpha value is -1.34. The Morgan fingerprint density at radius 3 is 2.78 bits per heavy atom. The fourth-order valence-electron chi connectivity index (χ4n) is 2.37. The average Bonchev–Trinajstić information content (AvgIpc) is 2.85. The summed E-state index contributed by atoms with van der Waals surface area (Å²) in [5, 5.41) is 21.3. The number of hydrogen-bond donors (Lipinski definition) is 3. The SMILES string of the molecule is CC1(NC(=O)N2CC(O)C[C@H]2C(=O)O)CCOC1. The summed E-state index contributed by atoms with van der Waals surface area (Å²) in [5.41, 5.74) is -0.451. The van der Waals surface area contributed by atoms with E-state index in [1.54, 1.807) is 0 Å². The molecule has 0 aromatic carbocycles. The van der Waals surface area contributed by atoms with Crippen LogP contribution < -0.4 is 5.32 Å². The normalized spacial score (nSPS) is 35.8. The fraction of sp³-hybridized carbons (Fsp3) is 0.818. The van der Waals surface area contributed by atoms with Gasteiger partial charge in [-0.15, -0.1) is 0 Å². The highest BCUT2D eigenvalue weighted by molar-refractivity contribution is 5.83. The summed E-state index contributed by atoms with van der Waals surface area (Å²) < 4.78 is 5.22. The van der Waals surface area contributed by atoms with Gasteiger partial charge in [0.2, 0.25) is 0 Å². The second kappa shape index (κ2) is 4.74. The van der Waals surface area contributed by atoms with E-state index in [0.717, 1.165) is 0 Å². The van der Waals surface area contributed by atoms with Gasteiger partial charge in [0, 0.05) is 19.6 Å². The van der Waals surface area contributed by atoms with E-state index >= 15 is 0 Å². The largest absolute Gasteiger partial charge is 0.480 e. The summed E-state index contributed by atoms with van der Waals surface area (Å²) in [6, 6.07) is -1.40. The summed E-state index contributed by atoms with van der Waals surface area (Å²) in [6.07, 6.45) is 0.00697. The van der Waals surface area contributed by atoms with Crippen molar-refractivity contribution in [2.75, 3.05) is 19.8 Å². The first-order valence-corrected chi connectivity index (χ1v) is 5.99. The number of aliphatic carboxylic acids is 1. The van der Waals surface area contributed by atoms with Crippen LogP contribution in [0, 0.1) is 0 Å². The first-order chi connectivity index (χ1) is 8.41. The molecule has 2 fully saturated rings. The first kappa shape index (κ1) is 13.1. The average molecular weight is 258 g/mol. The van der Waals surface area contributed by atoms with Crippen LogP contribution in [0.3, 0.4) is 0 Å². The van der Waals surface area contributed by atoms with Crippen LogP contribution >= 0.6 is 0 Å². The van der Waals surface area contributed by atoms with Crippen molar-refractivity contribution in [1.29, 1.82) is 0 Å². The zero-order chi connectivity index (χ0) is 13.3. The van der Waals surface area contributed by atoms with Gasteiger partial charge in [0.05, 0.1) is 18.2 Å². The number of aliphatic hydroxyl groups excluding tert-OH is 1. The molecule has 7 nitrogen and oxygen atoms in total. The van der Waals surface area contributed by atoms with Crippen molar-refractivity contribution in [2.45, 2.75) is 37.5 Å². The smallest absolute Gasteiger partial charge is 0.326 e. The maximum Gasteiger partial charge on any atom is 0.326 e. The number of carboxylic acids is 1. The van der Waals surface area contributed by atoms with Crippen LogP contribution in [0.2, 0.25) is 0 Å². The van der Waals surface area contributed by atoms with E-state index in [0.29, 0.717) is 19.6 Å². The Morgan fingerprint density at radius 1 is 1.50 bits per heavy atom. The van der Waals surface area contributed by atoms with Crippen molar-refractivity contribution < 1.29 is 24.5 Å². The van der Waals surface area contributed by atoms with Crippen molar-refractivity contribution in [1.82, 2.24) is 10.2 Å². The minimum absolute atomic E-state index is 0.0553. The molecule has 0 saturated carbocycles. The van der Waals surface area contributed by atoms with E-state index < -0.39 is 29.7 Å². The molecule has 0 bridgehead atoms. The molecule has 0 aromatic heterocycles. The highest BCUT2D eigenvalue weighted by Gasteiger charge is 2.41. The summed E-state index contributed by atoms with van der Waals surface area (Å²) in [6.45, 7) is 2.93. The van der Waals surface area contributed by atoms with Crippen LogP contribution in [-0.4, -0.2) is 64.6 Å². The van der Waals surface area contributed by atoms with E-state index in [9.17, 15) is 14.7 Å². The van der Waals surface area contributed by atoms with Gasteiger partial charge in [-0.25, -0.2) is 9.59 Å². The van der Waals surface area contributed by atoms with Crippen molar-refractivity contribution in [3.63, 3.8) is 0 Å². The number of carboxylic acid groups (broad SMARTS) is 1. The summed E-state index contributed by atoms with van der Waals surface area (Å²) in [4.78, 5) is 24.3. The molecule has 2 amide bonds. The third-order valence-electron chi connectivity index (χ3n) is 3.45. The maximum absolute atomic E-state index is 12.1. The molecule has 2 unspecified atom stereocenters. The van der Waals surface area contributed by atoms with Crippen molar-refractivity contribution in [2.24, 2.45) is 0 Å². The summed E-state index contributed by atoms with van der Waals surface area (Å²) in [7, 11) is 0. The monoisotopic (exact) mass is 258 g/mol. The molecule has 2 aliphatic rings. The van der Waals surface area contributed by atoms with Crippen molar-refractivity contribution in [3.05, 3.63) is 0 Å². The molecule has 0 radical (unpaired) electrons. The quantitative estimate of drug-likeness (QED) is 0.614. The third-order valence-corrected chi connectivity index (χ3v) is 3.45. The van der Waals surface area contributed by atoms with E-state index in [2.05, 4.69) is 5.32 Å². The topological polar surface area (TPSA) is 99.1 Å². The Morgan fingerprint density at radius 2 is 2.22 bits per heavy atom. The Labute approximate surface area is 105 Å². The highest BCUT2D eigenvalue weighted by Crippen LogP contribution is 2.22. The van der Waals surface area contributed by atoms with Crippen molar-refractivity contribution >= 4 is 12.0 Å². The van der Waals surface area contributed by atoms with Gasteiger partial charge in [0.15, 0.2) is 0 Å². The van der Waals surface area contributed by atoms with Gasteiger partial charge in [-0.3, -0.25) is 0 Å². The molecule has 0 aromatic rings. The number of likely N-dealkylation sites (tertiary alicyclic amines) is 1. The van der Waals surface area contributed by atoms with Gasteiger partial charge in [-0.2, -0.15) is 0 Å². The maximum atomic E-state index is 12.1. The number of rotatable bonds is 2. The second-order valence-electron chi connectivity index (χ2n) is 5.19. The zero-order valence-corrected chi connectivity index (χ0v) is 10.3. The van der Waals surface area contributed by atoms with Crippen molar-refractivity contribution in [3.8, 4) is 0 Å². The van der Waals surface area contributed by atoms with Crippen LogP contribution in [0.1, 0.15) is 19.8 Å². The number of amides is 2. The second-order valence-corrected chi connectivity index (χ2v) is 5.19. The number of ether oxygens (including phenoxy) is 1. The van der Waals surface area contributed by atoms with Gasteiger partial charge >= 0.3 is 12.0 Å². The van der Waals surface area contributed by atoms with E-state index in [1.165, 1.54) is 4.90 Å². The lowest BCUT2D eigenvalue weighted by molar-refractivity contribution is -0.141. The van der Waals surface area contributed by atoms with E-state index in [1.807, 2.05) is 6.92 Å². The third kappa shape index (κ3) is 2.56. The van der Waals surface area contributed by atoms with Gasteiger partial charge in [-0.1, -0.05) is 0 Å². The lowest BCUT2D eigenvalue weighted by Crippen LogP contribution is -2.54. The molecule has 7 heteroatoms. The minimum Gasteiger partial charge on any atom is -0.480 e. The van der Waals surface area contributed by atoms with Gasteiger partial charge in [-0.05, 0) is 13.3 Å². The molecule has 3 atom stereocenters. The number of nitrogens with one attached hydrogen (secondary N) is 1. The van der Waals surface area contributed by atoms with Gasteiger partial charge in [0.25, 0.3) is 0 Å². The molecule has 2 saturated heterocycles. The molecule has 18 heavy (non-hydrogen) atoms. The number of aliphatic hydroxyl groups is 1. The molecule has 0 aliphatic carbocycles. The lowest BCUT2D eigenvalue weighted by Gasteiger charge is -2.29. The Bertz CT molecular complexity index is 353. The summed E-state index contributed by atoms with van der Waals surface area (Å²) in [5.74, 6) is -1.09. The molecular formula is C11H18N2O5. The van der Waals surface area contributed by atoms with Crippen LogP contribution in [0.15, 0.2) is 0 Å². The molecule has 0 spiro atoms. The van der Waals surface area contributed by atoms with E-state index in [4.69, 9.17) is 9.84 Å². The molecule has 2 rings (SSSR count). The predicted octanol–water partition coefficient (Wildman–Crippen LogP) is -0.605. The lowest BCUT2D eigenvalue weighted by atomic mass is 10.0. The Balaban J connectivity index is 2.01. The number of hydrogen-bond acceptors (Lipinski definition) is 4. The fourth-order valence-corrected chi connectivity index (χ4v) is 2.37. The molecule has 2 heterocycles. The highest BCUT2D eigenvalue weighted by atomic mass is 16.5. The first-order valence-electron chi connectivity index (χ1n) is 5.99. The standard InChI is InChI=1S/C11H18N2O5/c1-11(2-3-18-6-11)12-10(17)13-5-7(14)4-8(13)9(15)16/h7-8,14H,2-6H2,1H3,(H,12,17)(H,15,16)/t7?,8-,11?/m0/s1. The Kier molecular flexibility index (Phi) is 3.45.